The van der Waals surface area contributed by atoms with Crippen LogP contribution in [0.5, 0.6) is 0 Å². The summed E-state index contributed by atoms with van der Waals surface area (Å²) in [5.41, 5.74) is 0. The third-order valence-electron chi connectivity index (χ3n) is 1.56. The van der Waals surface area contributed by atoms with Gasteiger partial charge in [0.1, 0.15) is 0 Å². The summed E-state index contributed by atoms with van der Waals surface area (Å²) in [7, 11) is 0.126. The van der Waals surface area contributed by atoms with Gasteiger partial charge in [0, 0.05) is 44.4 Å². The van der Waals surface area contributed by atoms with Crippen molar-refractivity contribution in [1.82, 2.24) is 0 Å². The van der Waals surface area contributed by atoms with E-state index in [4.69, 9.17) is 0 Å². The van der Waals surface area contributed by atoms with E-state index >= 15 is 0 Å². The molecule has 2 heteroatoms. The Hall–Kier alpha value is 1.41. The molecule has 0 aliphatic rings. The van der Waals surface area contributed by atoms with Crippen LogP contribution in [-0.2, 0) is 0 Å². The normalized spacial score (nSPS) is 8.50. The minimum atomic E-state index is 0. The van der Waals surface area contributed by atoms with Crippen LogP contribution in [0.1, 0.15) is 39.5 Å². The fraction of sp³-hybridized carbons (Fsp3) is 0.900. The number of hydrogen-bond acceptors (Lipinski definition) is 0. The van der Waals surface area contributed by atoms with E-state index in [0.717, 1.165) is 6.42 Å². The Bertz CT molecular complexity index is 51.8. The van der Waals surface area contributed by atoms with Crippen molar-refractivity contribution in [3.8, 4) is 0 Å². The molecule has 0 saturated carbocycles. The van der Waals surface area contributed by atoms with E-state index in [2.05, 4.69) is 33.9 Å². The summed E-state index contributed by atoms with van der Waals surface area (Å²) >= 11 is 0. The van der Waals surface area contributed by atoms with E-state index in [0.29, 0.717) is 0 Å². The smallest absolute Gasteiger partial charge is 0.0410 e. The predicted molar refractivity (Wildman–Crippen MR) is 57.5 cm³/mol. The minimum Gasteiger partial charge on any atom is -0.343 e. The summed E-state index contributed by atoms with van der Waals surface area (Å²) in [6, 6.07) is 1.41. The van der Waals surface area contributed by atoms with Crippen molar-refractivity contribution in [3.63, 3.8) is 0 Å². The molecule has 0 aromatic rings. The Kier molecular flexibility index (Phi) is 29.0. The molecule has 0 nitrogen and oxygen atoms in total. The van der Waals surface area contributed by atoms with Gasteiger partial charge in [-0.05, 0) is 0 Å². The van der Waals surface area contributed by atoms with Crippen LogP contribution in [-0.4, -0.2) is 8.80 Å². The third-order valence-corrected chi connectivity index (χ3v) is 2.97. The fourth-order valence-corrected chi connectivity index (χ4v) is 0.427. The summed E-state index contributed by atoms with van der Waals surface area (Å²) in [5, 5.41) is 0. The van der Waals surface area contributed by atoms with Crippen LogP contribution < -0.4 is 0 Å². The Labute approximate surface area is 109 Å². The van der Waals surface area contributed by atoms with Crippen LogP contribution in [0.4, 0.5) is 0 Å². The van der Waals surface area contributed by atoms with Gasteiger partial charge in [-0.3, -0.25) is 0 Å². The molecule has 0 aliphatic carbocycles. The van der Waals surface area contributed by atoms with Crippen LogP contribution >= 0.6 is 0 Å². The Morgan fingerprint density at radius 1 is 1.08 bits per heavy atom. The summed E-state index contributed by atoms with van der Waals surface area (Å²) in [6.07, 6.45) is 5.07. The van der Waals surface area contributed by atoms with Gasteiger partial charge in [-0.2, -0.15) is 6.42 Å². The molecular weight excluding hydrogens is 287 g/mol. The van der Waals surface area contributed by atoms with Gasteiger partial charge in [0.05, 0.1) is 0 Å². The molecule has 0 N–H and O–H groups in total. The maximum atomic E-state index is 3.72. The SMILES string of the molecule is CC[Si](C)C.[CH2-]CCCCC.[La]. The van der Waals surface area contributed by atoms with Gasteiger partial charge in [-0.15, -0.1) is 0 Å². The van der Waals surface area contributed by atoms with Crippen LogP contribution in [0.2, 0.25) is 19.1 Å². The standard InChI is InChI=1S/C6H13.C4H11Si.La/c1-3-5-6-4-2;1-4-5(2)3;/h1,3-6H2,2H3;4H2,1-3H3;/q-1;;. The van der Waals surface area contributed by atoms with E-state index < -0.39 is 0 Å². The molecule has 0 atom stereocenters. The van der Waals surface area contributed by atoms with Crippen molar-refractivity contribution in [2.24, 2.45) is 0 Å². The summed E-state index contributed by atoms with van der Waals surface area (Å²) in [6.45, 7) is 12.8. The first-order valence-electron chi connectivity index (χ1n) is 4.77. The van der Waals surface area contributed by atoms with Gasteiger partial charge < -0.3 is 6.92 Å². The molecule has 12 heavy (non-hydrogen) atoms. The zero-order valence-electron chi connectivity index (χ0n) is 9.32. The second kappa shape index (κ2) is 18.2. The van der Waals surface area contributed by atoms with Crippen molar-refractivity contribution in [1.29, 1.82) is 0 Å². The zero-order valence-corrected chi connectivity index (χ0v) is 13.9. The molecule has 0 aromatic carbocycles. The first kappa shape index (κ1) is 19.1. The molecular formula is C10H24LaSi-. The largest absolute Gasteiger partial charge is 0.343 e. The molecule has 72 valence electrons. The van der Waals surface area contributed by atoms with Crippen molar-refractivity contribution >= 4 is 8.80 Å². The first-order chi connectivity index (χ1) is 5.18. The molecule has 0 saturated heterocycles. The zero-order chi connectivity index (χ0) is 9.11. The minimum absolute atomic E-state index is 0. The van der Waals surface area contributed by atoms with Gasteiger partial charge in [0.15, 0.2) is 0 Å². The van der Waals surface area contributed by atoms with E-state index in [9.17, 15) is 0 Å². The van der Waals surface area contributed by atoms with Crippen LogP contribution in [0.25, 0.3) is 0 Å². The average molecular weight is 311 g/mol. The molecule has 0 spiro atoms. The van der Waals surface area contributed by atoms with Crippen molar-refractivity contribution in [2.75, 3.05) is 0 Å². The summed E-state index contributed by atoms with van der Waals surface area (Å²) < 4.78 is 0. The topological polar surface area (TPSA) is 0 Å². The Balaban J connectivity index is -0.000000126. The second-order valence-electron chi connectivity index (χ2n) is 3.12. The quantitative estimate of drug-likeness (QED) is 0.415. The maximum Gasteiger partial charge on any atom is 0.0410 e. The number of hydrogen-bond donors (Lipinski definition) is 0. The molecule has 2 radical (unpaired) electrons. The van der Waals surface area contributed by atoms with Gasteiger partial charge in [0.2, 0.25) is 0 Å². The third kappa shape index (κ3) is 30.1. The fourth-order valence-electron chi connectivity index (χ4n) is 0.427. The Morgan fingerprint density at radius 2 is 1.50 bits per heavy atom. The molecule has 0 aromatic heterocycles. The second-order valence-corrected chi connectivity index (χ2v) is 6.24. The summed E-state index contributed by atoms with van der Waals surface area (Å²) in [5.74, 6) is 0. The molecule has 0 amide bonds. The number of rotatable bonds is 4. The molecule has 0 unspecified atom stereocenters. The monoisotopic (exact) mass is 311 g/mol. The number of unbranched alkanes of at least 4 members (excludes halogenated alkanes) is 3. The van der Waals surface area contributed by atoms with Gasteiger partial charge in [-0.1, -0.05) is 52.2 Å². The molecule has 0 heterocycles. The van der Waals surface area contributed by atoms with Crippen LogP contribution in [0, 0.1) is 42.5 Å². The molecule has 0 bridgehead atoms. The van der Waals surface area contributed by atoms with E-state index in [-0.39, 0.29) is 44.4 Å². The van der Waals surface area contributed by atoms with E-state index in [1.165, 1.54) is 25.3 Å². The van der Waals surface area contributed by atoms with Crippen molar-refractivity contribution in [2.45, 2.75) is 58.7 Å². The van der Waals surface area contributed by atoms with Crippen molar-refractivity contribution < 1.29 is 35.6 Å². The van der Waals surface area contributed by atoms with Crippen LogP contribution in [0.3, 0.4) is 0 Å². The average Bonchev–Trinajstić information content (AvgIpc) is 2.02. The molecule has 0 rings (SSSR count). The van der Waals surface area contributed by atoms with Gasteiger partial charge in [-0.25, -0.2) is 0 Å². The van der Waals surface area contributed by atoms with E-state index in [1.54, 1.807) is 0 Å². The first-order valence-corrected chi connectivity index (χ1v) is 7.47. The van der Waals surface area contributed by atoms with Gasteiger partial charge in [0.25, 0.3) is 0 Å². The maximum absolute atomic E-state index is 3.72. The van der Waals surface area contributed by atoms with E-state index in [1.807, 2.05) is 0 Å². The molecule has 0 aliphatic heterocycles. The molecule has 0 fully saturated rings. The van der Waals surface area contributed by atoms with Crippen molar-refractivity contribution in [3.05, 3.63) is 6.92 Å². The summed E-state index contributed by atoms with van der Waals surface area (Å²) in [4.78, 5) is 0. The van der Waals surface area contributed by atoms with Crippen LogP contribution in [0.15, 0.2) is 0 Å². The van der Waals surface area contributed by atoms with Gasteiger partial charge >= 0.3 is 0 Å². The Morgan fingerprint density at radius 3 is 1.58 bits per heavy atom. The predicted octanol–water partition coefficient (Wildman–Crippen LogP) is 4.16.